The average molecular weight is 347 g/mol. The molecule has 0 spiro atoms. The summed E-state index contributed by atoms with van der Waals surface area (Å²) >= 11 is 0. The summed E-state index contributed by atoms with van der Waals surface area (Å²) in [7, 11) is 0. The molecule has 0 nitrogen and oxygen atoms in total. The molecule has 17 heavy (non-hydrogen) atoms. The molecule has 2 aromatic carbocycles. The summed E-state index contributed by atoms with van der Waals surface area (Å²) in [5, 5.41) is 2.79. The molecule has 2 aromatic rings. The van der Waals surface area contributed by atoms with Gasteiger partial charge >= 0.3 is 26.2 Å². The van der Waals surface area contributed by atoms with Gasteiger partial charge in [0.05, 0.1) is 0 Å². The maximum atomic E-state index is 2.29. The molecule has 0 fully saturated rings. The first-order valence-electron chi connectivity index (χ1n) is 5.20. The Morgan fingerprint density at radius 3 is 2.24 bits per heavy atom. The van der Waals surface area contributed by atoms with E-state index in [-0.39, 0.29) is 51.0 Å². The third kappa shape index (κ3) is 5.20. The zero-order valence-corrected chi connectivity index (χ0v) is 14.4. The van der Waals surface area contributed by atoms with Crippen molar-refractivity contribution in [2.24, 2.45) is 5.41 Å². The average Bonchev–Trinajstić information content (AvgIpc) is 2.47. The molecule has 0 unspecified atom stereocenters. The Balaban J connectivity index is 0. The fourth-order valence-corrected chi connectivity index (χ4v) is 1.94. The van der Waals surface area contributed by atoms with Gasteiger partial charge in [0.15, 0.2) is 0 Å². The molecule has 91 valence electrons. The summed E-state index contributed by atoms with van der Waals surface area (Å²) in [6, 6.07) is 13.1. The standard InChI is InChI=1S/C14H17.2ClH.Zr/c1-14(2,3)10-12-9-8-11-6-4-5-7-13(11)12;;;/h4-9H,10H2,1-3H3;2*1H;/q-1;;;+3/p-2. The van der Waals surface area contributed by atoms with Crippen molar-refractivity contribution in [2.75, 3.05) is 0 Å². The molecule has 0 aromatic heterocycles. The predicted molar refractivity (Wildman–Crippen MR) is 62.7 cm³/mol. The molecule has 3 heteroatoms. The minimum absolute atomic E-state index is 0. The largest absolute Gasteiger partial charge is 3.00 e. The number of hydrogen-bond donors (Lipinski definition) is 0. The van der Waals surface area contributed by atoms with Crippen molar-refractivity contribution in [3.8, 4) is 0 Å². The van der Waals surface area contributed by atoms with Crippen molar-refractivity contribution in [1.82, 2.24) is 0 Å². The molecule has 0 aliphatic heterocycles. The first-order valence-corrected chi connectivity index (χ1v) is 5.20. The van der Waals surface area contributed by atoms with Crippen LogP contribution in [0.15, 0.2) is 36.4 Å². The van der Waals surface area contributed by atoms with Crippen LogP contribution < -0.4 is 24.8 Å². The Bertz CT molecular complexity index is 441. The molecular weight excluding hydrogens is 330 g/mol. The summed E-state index contributed by atoms with van der Waals surface area (Å²) in [6.07, 6.45) is 1.15. The van der Waals surface area contributed by atoms with Gasteiger partial charge < -0.3 is 24.8 Å². The maximum absolute atomic E-state index is 2.29. The van der Waals surface area contributed by atoms with Crippen molar-refractivity contribution >= 4 is 10.8 Å². The van der Waals surface area contributed by atoms with Crippen molar-refractivity contribution in [1.29, 1.82) is 0 Å². The summed E-state index contributed by atoms with van der Waals surface area (Å²) in [5.74, 6) is 0. The predicted octanol–water partition coefficient (Wildman–Crippen LogP) is -1.85. The fourth-order valence-electron chi connectivity index (χ4n) is 1.94. The van der Waals surface area contributed by atoms with Gasteiger partial charge in [0.1, 0.15) is 0 Å². The monoisotopic (exact) mass is 345 g/mol. The molecule has 0 bridgehead atoms. The van der Waals surface area contributed by atoms with E-state index in [9.17, 15) is 0 Å². The molecule has 0 heterocycles. The van der Waals surface area contributed by atoms with Crippen molar-refractivity contribution in [3.05, 3.63) is 42.0 Å². The molecule has 0 aliphatic carbocycles. The van der Waals surface area contributed by atoms with Crippen LogP contribution in [0.3, 0.4) is 0 Å². The molecule has 0 atom stereocenters. The summed E-state index contributed by atoms with van der Waals surface area (Å²) in [5.41, 5.74) is 1.85. The second-order valence-electron chi connectivity index (χ2n) is 5.18. The second kappa shape index (κ2) is 7.67. The molecule has 0 N–H and O–H groups in total. The number of halogens is 2. The second-order valence-corrected chi connectivity index (χ2v) is 5.18. The van der Waals surface area contributed by atoms with E-state index in [1.807, 2.05) is 0 Å². The number of hydrogen-bond acceptors (Lipinski definition) is 0. The normalized spacial score (nSPS) is 10.1. The van der Waals surface area contributed by atoms with E-state index in [4.69, 9.17) is 0 Å². The van der Waals surface area contributed by atoms with Crippen LogP contribution in [-0.4, -0.2) is 0 Å². The molecule has 1 radical (unpaired) electrons. The molecule has 2 rings (SSSR count). The number of benzene rings is 1. The van der Waals surface area contributed by atoms with Crippen LogP contribution in [0.25, 0.3) is 10.8 Å². The van der Waals surface area contributed by atoms with E-state index < -0.39 is 0 Å². The van der Waals surface area contributed by atoms with Gasteiger partial charge in [-0.2, -0.15) is 5.56 Å². The van der Waals surface area contributed by atoms with E-state index >= 15 is 0 Å². The van der Waals surface area contributed by atoms with E-state index in [2.05, 4.69) is 57.2 Å². The van der Waals surface area contributed by atoms with Crippen molar-refractivity contribution in [3.63, 3.8) is 0 Å². The van der Waals surface area contributed by atoms with Crippen LogP contribution in [0.5, 0.6) is 0 Å². The Morgan fingerprint density at radius 1 is 1.06 bits per heavy atom. The minimum atomic E-state index is 0. The summed E-state index contributed by atoms with van der Waals surface area (Å²) in [4.78, 5) is 0. The van der Waals surface area contributed by atoms with E-state index in [1.54, 1.807) is 0 Å². The molecule has 0 saturated heterocycles. The van der Waals surface area contributed by atoms with E-state index in [0.717, 1.165) is 6.42 Å². The van der Waals surface area contributed by atoms with Crippen LogP contribution in [-0.2, 0) is 32.6 Å². The Kier molecular flexibility index (Phi) is 8.85. The van der Waals surface area contributed by atoms with Gasteiger partial charge in [0.25, 0.3) is 0 Å². The Morgan fingerprint density at radius 2 is 1.65 bits per heavy atom. The van der Waals surface area contributed by atoms with E-state index in [1.165, 1.54) is 16.3 Å². The Hall–Kier alpha value is 0.293. The zero-order chi connectivity index (χ0) is 10.2. The van der Waals surface area contributed by atoms with E-state index in [0.29, 0.717) is 5.41 Å². The SMILES string of the molecule is CC(C)(C)Cc1c[cH-]c2ccccc12.[Cl-].[Cl-].[Zr+3]. The maximum Gasteiger partial charge on any atom is 3.00 e. The molecule has 0 aliphatic rings. The molecular formula is C14H17Cl2Zr. The summed E-state index contributed by atoms with van der Waals surface area (Å²) in [6.45, 7) is 6.86. The van der Waals surface area contributed by atoms with Crippen LogP contribution in [0.4, 0.5) is 0 Å². The fraction of sp³-hybridized carbons (Fsp3) is 0.357. The third-order valence-electron chi connectivity index (χ3n) is 2.49. The topological polar surface area (TPSA) is 0 Å². The number of fused-ring (bicyclic) bond motifs is 1. The van der Waals surface area contributed by atoms with Gasteiger partial charge in [-0.1, -0.05) is 33.3 Å². The number of rotatable bonds is 1. The van der Waals surface area contributed by atoms with Gasteiger partial charge in [0.2, 0.25) is 0 Å². The van der Waals surface area contributed by atoms with Crippen LogP contribution in [0.2, 0.25) is 0 Å². The summed E-state index contributed by atoms with van der Waals surface area (Å²) < 4.78 is 0. The van der Waals surface area contributed by atoms with Gasteiger partial charge in [-0.05, 0) is 5.41 Å². The van der Waals surface area contributed by atoms with Gasteiger partial charge in [-0.3, -0.25) is 0 Å². The van der Waals surface area contributed by atoms with Gasteiger partial charge in [-0.25, -0.2) is 0 Å². The quantitative estimate of drug-likeness (QED) is 0.532. The minimum Gasteiger partial charge on any atom is -1.00 e. The van der Waals surface area contributed by atoms with Crippen molar-refractivity contribution < 1.29 is 51.0 Å². The van der Waals surface area contributed by atoms with Crippen LogP contribution >= 0.6 is 0 Å². The zero-order valence-electron chi connectivity index (χ0n) is 10.4. The molecule has 0 amide bonds. The van der Waals surface area contributed by atoms with Crippen molar-refractivity contribution in [2.45, 2.75) is 27.2 Å². The first kappa shape index (κ1) is 19.6. The van der Waals surface area contributed by atoms with Crippen LogP contribution in [0, 0.1) is 5.41 Å². The van der Waals surface area contributed by atoms with Gasteiger partial charge in [-0.15, -0.1) is 41.1 Å². The Labute approximate surface area is 135 Å². The first-order chi connectivity index (χ1) is 6.56. The smallest absolute Gasteiger partial charge is 1.00 e. The third-order valence-corrected chi connectivity index (χ3v) is 2.49. The molecule has 0 saturated carbocycles. The van der Waals surface area contributed by atoms with Crippen LogP contribution in [0.1, 0.15) is 26.3 Å². The van der Waals surface area contributed by atoms with Gasteiger partial charge in [0, 0.05) is 0 Å².